The zero-order chi connectivity index (χ0) is 26.7. The molecule has 3 aromatic rings. The van der Waals surface area contributed by atoms with Crippen molar-refractivity contribution >= 4 is 62.9 Å². The first-order valence-corrected chi connectivity index (χ1v) is 13.6. The number of fused-ring (bicyclic) bond motifs is 3. The first-order chi connectivity index (χ1) is 17.8. The molecule has 198 valence electrons. The van der Waals surface area contributed by atoms with Gasteiger partial charge in [-0.3, -0.25) is 14.0 Å². The second-order valence-electron chi connectivity index (χ2n) is 9.02. The number of hydrogen-bond acceptors (Lipinski definition) is 7. The number of thiazole rings is 1. The van der Waals surface area contributed by atoms with Crippen LogP contribution >= 0.6 is 23.1 Å². The maximum atomic E-state index is 15.3. The lowest BCUT2D eigenvalue weighted by molar-refractivity contribution is 0.0951. The van der Waals surface area contributed by atoms with Crippen molar-refractivity contribution in [2.75, 3.05) is 44.7 Å². The number of amides is 1. The van der Waals surface area contributed by atoms with Crippen LogP contribution in [0, 0.1) is 5.82 Å². The third-order valence-corrected chi connectivity index (χ3v) is 8.10. The van der Waals surface area contributed by atoms with Gasteiger partial charge in [-0.2, -0.15) is 0 Å². The van der Waals surface area contributed by atoms with Gasteiger partial charge in [-0.15, -0.1) is 11.3 Å². The van der Waals surface area contributed by atoms with Gasteiger partial charge in [0.05, 0.1) is 16.0 Å². The maximum Gasteiger partial charge on any atom is 0.258 e. The Kier molecular flexibility index (Phi) is 8.63. The van der Waals surface area contributed by atoms with Gasteiger partial charge in [0, 0.05) is 45.8 Å². The first-order valence-electron chi connectivity index (χ1n) is 12.4. The van der Waals surface area contributed by atoms with Crippen LogP contribution in [0.1, 0.15) is 47.1 Å². The van der Waals surface area contributed by atoms with Crippen molar-refractivity contribution in [3.8, 4) is 0 Å². The highest BCUT2D eigenvalue weighted by Crippen LogP contribution is 2.32. The van der Waals surface area contributed by atoms with Crippen LogP contribution in [-0.4, -0.2) is 65.5 Å². The molecule has 0 spiro atoms. The van der Waals surface area contributed by atoms with E-state index < -0.39 is 17.2 Å². The van der Waals surface area contributed by atoms with E-state index in [1.165, 1.54) is 17.4 Å². The summed E-state index contributed by atoms with van der Waals surface area (Å²) in [6, 6.07) is 1.29. The first kappa shape index (κ1) is 27.3. The summed E-state index contributed by atoms with van der Waals surface area (Å²) in [5.74, 6) is -0.923. The Morgan fingerprint density at radius 1 is 1.35 bits per heavy atom. The fourth-order valence-corrected chi connectivity index (χ4v) is 6.07. The van der Waals surface area contributed by atoms with Crippen molar-refractivity contribution in [3.05, 3.63) is 51.4 Å². The van der Waals surface area contributed by atoms with Crippen molar-refractivity contribution in [1.29, 1.82) is 0 Å². The number of nitrogens with zero attached hydrogens (tertiary/aromatic N) is 4. The molecule has 0 bridgehead atoms. The van der Waals surface area contributed by atoms with Crippen molar-refractivity contribution in [3.63, 3.8) is 0 Å². The Labute approximate surface area is 224 Å². The largest absolute Gasteiger partial charge is 0.352 e. The minimum atomic E-state index is -0.593. The van der Waals surface area contributed by atoms with Crippen molar-refractivity contribution in [2.45, 2.75) is 32.2 Å². The number of halogens is 2. The number of piperazine rings is 1. The van der Waals surface area contributed by atoms with Gasteiger partial charge in [-0.25, -0.2) is 13.8 Å². The molecule has 1 atom stereocenters. The summed E-state index contributed by atoms with van der Waals surface area (Å²) in [4.78, 5) is 34.7. The number of aromatic nitrogens is 2. The molecule has 4 rings (SSSR count). The van der Waals surface area contributed by atoms with E-state index in [0.717, 1.165) is 17.7 Å². The van der Waals surface area contributed by atoms with E-state index in [1.807, 2.05) is 4.90 Å². The zero-order valence-corrected chi connectivity index (χ0v) is 22.7. The molecule has 0 radical (unpaired) electrons. The van der Waals surface area contributed by atoms with Gasteiger partial charge in [0.15, 0.2) is 17.3 Å². The lowest BCUT2D eigenvalue weighted by Gasteiger charge is -2.28. The van der Waals surface area contributed by atoms with Gasteiger partial charge < -0.3 is 15.5 Å². The van der Waals surface area contributed by atoms with Crippen LogP contribution in [0.2, 0.25) is 0 Å². The van der Waals surface area contributed by atoms with Gasteiger partial charge in [-0.05, 0) is 42.8 Å². The summed E-state index contributed by atoms with van der Waals surface area (Å²) in [5.41, 5.74) is 0.331. The Balaban J connectivity index is 1.84. The highest BCUT2D eigenvalue weighted by atomic mass is 35.5. The van der Waals surface area contributed by atoms with Gasteiger partial charge in [-0.1, -0.05) is 26.5 Å². The summed E-state index contributed by atoms with van der Waals surface area (Å²) in [6.45, 7) is 12.8. The molecule has 1 aliphatic rings. The summed E-state index contributed by atoms with van der Waals surface area (Å²) in [5, 5.41) is 6.15. The van der Waals surface area contributed by atoms with Crippen LogP contribution in [0.25, 0.3) is 28.0 Å². The van der Waals surface area contributed by atoms with Crippen LogP contribution in [0.4, 0.5) is 10.2 Å². The highest BCUT2D eigenvalue weighted by Gasteiger charge is 2.26. The van der Waals surface area contributed by atoms with E-state index in [-0.39, 0.29) is 28.5 Å². The normalized spacial score (nSPS) is 14.9. The van der Waals surface area contributed by atoms with Crippen LogP contribution in [0.5, 0.6) is 0 Å². The Morgan fingerprint density at radius 2 is 2.08 bits per heavy atom. The molecule has 2 N–H and O–H groups in total. The van der Waals surface area contributed by atoms with Crippen molar-refractivity contribution < 1.29 is 9.18 Å². The molecule has 11 heteroatoms. The number of carbonyl (C=O) groups excluding carboxylic acids is 1. The predicted octanol–water partition coefficient (Wildman–Crippen LogP) is 4.12. The van der Waals surface area contributed by atoms with Gasteiger partial charge in [0.1, 0.15) is 10.4 Å². The molecule has 1 amide bonds. The second-order valence-corrected chi connectivity index (χ2v) is 10.6. The lowest BCUT2D eigenvalue weighted by Crippen LogP contribution is -2.44. The lowest BCUT2D eigenvalue weighted by atomic mass is 10.1. The minimum Gasteiger partial charge on any atom is -0.352 e. The number of nitrogens with one attached hydrogen (secondary N) is 2. The average molecular weight is 547 g/mol. The Hall–Kier alpha value is -2.79. The summed E-state index contributed by atoms with van der Waals surface area (Å²) < 4.78 is 18.6. The monoisotopic (exact) mass is 546 g/mol. The van der Waals surface area contributed by atoms with E-state index in [2.05, 4.69) is 35.7 Å². The third-order valence-electron chi connectivity index (χ3n) is 6.65. The van der Waals surface area contributed by atoms with E-state index in [4.69, 9.17) is 11.8 Å². The quantitative estimate of drug-likeness (QED) is 0.372. The molecule has 8 nitrogen and oxygen atoms in total. The molecule has 1 saturated heterocycles. The molecule has 3 aromatic heterocycles. The van der Waals surface area contributed by atoms with Crippen LogP contribution in [-0.2, 0) is 0 Å². The molecule has 1 unspecified atom stereocenters. The summed E-state index contributed by atoms with van der Waals surface area (Å²) >= 11 is 7.42. The number of anilines is 1. The smallest absolute Gasteiger partial charge is 0.258 e. The van der Waals surface area contributed by atoms with Gasteiger partial charge in [0.25, 0.3) is 5.91 Å². The zero-order valence-electron chi connectivity index (χ0n) is 21.1. The highest BCUT2D eigenvalue weighted by molar-refractivity contribution is 7.19. The fraction of sp³-hybridized carbons (Fsp3) is 0.423. The van der Waals surface area contributed by atoms with Crippen LogP contribution < -0.4 is 21.0 Å². The van der Waals surface area contributed by atoms with Crippen LogP contribution in [0.15, 0.2) is 24.0 Å². The van der Waals surface area contributed by atoms with E-state index in [0.29, 0.717) is 49.7 Å². The number of carbonyl (C=O) groups is 1. The van der Waals surface area contributed by atoms with E-state index >= 15 is 4.39 Å². The predicted molar refractivity (Wildman–Crippen MR) is 151 cm³/mol. The molecule has 1 fully saturated rings. The van der Waals surface area contributed by atoms with Crippen LogP contribution in [0.3, 0.4) is 0 Å². The van der Waals surface area contributed by atoms with Crippen molar-refractivity contribution in [2.24, 2.45) is 0 Å². The fourth-order valence-electron chi connectivity index (χ4n) is 4.74. The topological polar surface area (TPSA) is 82.0 Å². The molecular weight excluding hydrogens is 515 g/mol. The maximum absolute atomic E-state index is 15.3. The van der Waals surface area contributed by atoms with E-state index in [1.54, 1.807) is 28.0 Å². The van der Waals surface area contributed by atoms with Gasteiger partial charge >= 0.3 is 0 Å². The second kappa shape index (κ2) is 11.7. The molecule has 4 heterocycles. The SMILES string of the molecule is C=Cc1sc2c(C(=O)NCCC(CCC)N(C)Cl)c(=O)c3cc(F)c(N4CCNCC4)nc3n2c1C=C. The Bertz CT molecular complexity index is 1400. The summed E-state index contributed by atoms with van der Waals surface area (Å²) in [7, 11) is 1.79. The molecule has 0 aromatic carbocycles. The number of pyridine rings is 2. The standard InChI is InChI=1S/C26H32ClFN6O2S/c1-5-8-16(32(4)27)9-10-30-25(36)21-22(35)17-15-18(28)24(33-13-11-29-12-14-33)31-23(17)34-19(6-2)20(7-3)37-26(21)34/h6-7,15-16,29H,2-3,5,8-14H2,1,4H3,(H,30,36). The molecule has 0 aliphatic carbocycles. The molecule has 0 saturated carbocycles. The summed E-state index contributed by atoms with van der Waals surface area (Å²) in [6.07, 6.45) is 5.75. The van der Waals surface area contributed by atoms with Crippen molar-refractivity contribution in [1.82, 2.24) is 24.4 Å². The van der Waals surface area contributed by atoms with Gasteiger partial charge in [0.2, 0.25) is 5.43 Å². The van der Waals surface area contributed by atoms with E-state index in [9.17, 15) is 9.59 Å². The minimum absolute atomic E-state index is 0.0416. The average Bonchev–Trinajstić information content (AvgIpc) is 3.26. The molecule has 37 heavy (non-hydrogen) atoms. The number of hydrogen-bond donors (Lipinski definition) is 2. The third kappa shape index (κ3) is 5.29. The Morgan fingerprint density at radius 3 is 2.70 bits per heavy atom. The molecular formula is C26H32ClFN6O2S. The molecule has 1 aliphatic heterocycles. The number of rotatable bonds is 10.